The van der Waals surface area contributed by atoms with Crippen LogP contribution in [0.25, 0.3) is 0 Å². The number of carbonyl (C=O) groups excluding carboxylic acids is 3. The molecular formula is C41H39N3O8S2. The van der Waals surface area contributed by atoms with E-state index in [1.54, 1.807) is 12.1 Å². The lowest BCUT2D eigenvalue weighted by Gasteiger charge is -2.20. The number of nitrogens with zero attached hydrogens (tertiary/aromatic N) is 1. The van der Waals surface area contributed by atoms with E-state index in [0.29, 0.717) is 28.4 Å². The largest absolute Gasteiger partial charge is 0.478 e. The first-order chi connectivity index (χ1) is 25.9. The van der Waals surface area contributed by atoms with Crippen molar-refractivity contribution in [3.8, 4) is 0 Å². The molecule has 6 rings (SSSR count). The lowest BCUT2D eigenvalue weighted by Crippen LogP contribution is -2.27. The number of methoxy groups -OCH3 is 1. The molecule has 3 N–H and O–H groups in total. The van der Waals surface area contributed by atoms with Gasteiger partial charge in [-0.25, -0.2) is 18.0 Å². The van der Waals surface area contributed by atoms with Gasteiger partial charge in [0.15, 0.2) is 0 Å². The molecule has 0 bridgehead atoms. The van der Waals surface area contributed by atoms with Gasteiger partial charge in [0, 0.05) is 23.2 Å². The van der Waals surface area contributed by atoms with Crippen molar-refractivity contribution in [2.75, 3.05) is 29.1 Å². The first-order valence-corrected chi connectivity index (χ1v) is 19.7. The van der Waals surface area contributed by atoms with Gasteiger partial charge in [-0.1, -0.05) is 30.3 Å². The van der Waals surface area contributed by atoms with E-state index in [-0.39, 0.29) is 27.5 Å². The van der Waals surface area contributed by atoms with Crippen molar-refractivity contribution in [3.63, 3.8) is 0 Å². The van der Waals surface area contributed by atoms with E-state index in [2.05, 4.69) is 10.6 Å². The average Bonchev–Trinajstić information content (AvgIpc) is 3.56. The number of aryl methyl sites for hydroxylation is 3. The number of hydrogen-bond acceptors (Lipinski definition) is 8. The van der Waals surface area contributed by atoms with Crippen molar-refractivity contribution >= 4 is 61.5 Å². The molecule has 0 fully saturated rings. The molecule has 0 radical (unpaired) electrons. The van der Waals surface area contributed by atoms with Gasteiger partial charge in [-0.15, -0.1) is 11.3 Å². The average molecular weight is 766 g/mol. The monoisotopic (exact) mass is 765 g/mol. The van der Waals surface area contributed by atoms with E-state index in [1.807, 2.05) is 36.4 Å². The molecule has 13 heteroatoms. The second-order valence-electron chi connectivity index (χ2n) is 12.9. The summed E-state index contributed by atoms with van der Waals surface area (Å²) in [6.45, 7) is 0. The van der Waals surface area contributed by atoms with Crippen molar-refractivity contribution in [1.29, 1.82) is 0 Å². The fourth-order valence-electron chi connectivity index (χ4n) is 6.35. The number of carboxylic acids is 1. The maximum Gasteiger partial charge on any atom is 0.337 e. The molecule has 0 atom stereocenters. The molecule has 0 unspecified atom stereocenters. The number of anilines is 3. The van der Waals surface area contributed by atoms with Crippen LogP contribution in [0.5, 0.6) is 0 Å². The molecule has 0 aliphatic heterocycles. The van der Waals surface area contributed by atoms with Crippen LogP contribution >= 0.6 is 11.3 Å². The second kappa shape index (κ2) is 16.5. The van der Waals surface area contributed by atoms with Crippen molar-refractivity contribution in [3.05, 3.63) is 141 Å². The molecule has 1 aliphatic carbocycles. The third-order valence-electron chi connectivity index (χ3n) is 9.38. The number of amides is 2. The molecule has 0 saturated heterocycles. The maximum atomic E-state index is 13.8. The first-order valence-electron chi connectivity index (χ1n) is 17.4. The summed E-state index contributed by atoms with van der Waals surface area (Å²) < 4.78 is 33.0. The Bertz CT molecular complexity index is 2300. The first kappa shape index (κ1) is 38.0. The van der Waals surface area contributed by atoms with Gasteiger partial charge in [-0.2, -0.15) is 0 Å². The van der Waals surface area contributed by atoms with Crippen molar-refractivity contribution < 1.29 is 37.4 Å². The van der Waals surface area contributed by atoms with E-state index in [0.717, 1.165) is 64.4 Å². The predicted octanol–water partition coefficient (Wildman–Crippen LogP) is 7.62. The van der Waals surface area contributed by atoms with Crippen LogP contribution < -0.4 is 14.9 Å². The Kier molecular flexibility index (Phi) is 11.6. The van der Waals surface area contributed by atoms with Crippen LogP contribution in [0.3, 0.4) is 0 Å². The SMILES string of the molecule is COC(=O)c1ccc(N(C)S(=O)(=O)c2cccc(C(=O)Nc3sc4c(c3C(=O)Nc3ccc(CCCc5ccc(C(=O)O)cc5)cc3)CCCC4)c2)cc1. The summed E-state index contributed by atoms with van der Waals surface area (Å²) in [5.41, 5.74) is 5.08. The molecule has 278 valence electrons. The van der Waals surface area contributed by atoms with Crippen LogP contribution in [-0.4, -0.2) is 51.4 Å². The predicted molar refractivity (Wildman–Crippen MR) is 209 cm³/mol. The number of hydrogen-bond donors (Lipinski definition) is 3. The van der Waals surface area contributed by atoms with Crippen LogP contribution in [0.2, 0.25) is 0 Å². The summed E-state index contributed by atoms with van der Waals surface area (Å²) >= 11 is 1.37. The van der Waals surface area contributed by atoms with Crippen LogP contribution in [0.4, 0.5) is 16.4 Å². The van der Waals surface area contributed by atoms with Crippen LogP contribution in [0, 0.1) is 0 Å². The van der Waals surface area contributed by atoms with Gasteiger partial charge in [-0.05, 0) is 128 Å². The molecule has 1 heterocycles. The molecule has 1 aliphatic rings. The van der Waals surface area contributed by atoms with E-state index in [1.165, 1.54) is 74.0 Å². The summed E-state index contributed by atoms with van der Waals surface area (Å²) in [4.78, 5) is 51.3. The highest BCUT2D eigenvalue weighted by atomic mass is 32.2. The van der Waals surface area contributed by atoms with Crippen molar-refractivity contribution in [1.82, 2.24) is 0 Å². The van der Waals surface area contributed by atoms with E-state index in [4.69, 9.17) is 9.84 Å². The van der Waals surface area contributed by atoms with Crippen molar-refractivity contribution in [2.45, 2.75) is 49.8 Å². The summed E-state index contributed by atoms with van der Waals surface area (Å²) in [6.07, 6.45) is 5.91. The quantitative estimate of drug-likeness (QED) is 0.103. The number of thiophene rings is 1. The number of carboxylic acid groups (broad SMARTS) is 1. The minimum atomic E-state index is -4.09. The molecule has 2 amide bonds. The fraction of sp³-hybridized carbons (Fsp3) is 0.220. The summed E-state index contributed by atoms with van der Waals surface area (Å²) in [7, 11) is -1.44. The van der Waals surface area contributed by atoms with E-state index < -0.39 is 27.9 Å². The third kappa shape index (κ3) is 8.53. The topological polar surface area (TPSA) is 159 Å². The smallest absolute Gasteiger partial charge is 0.337 e. The van der Waals surface area contributed by atoms with Gasteiger partial charge in [0.2, 0.25) is 0 Å². The summed E-state index contributed by atoms with van der Waals surface area (Å²) in [5, 5.41) is 15.4. The lowest BCUT2D eigenvalue weighted by atomic mass is 9.95. The number of rotatable bonds is 13. The molecule has 0 saturated carbocycles. The highest BCUT2D eigenvalue weighted by Gasteiger charge is 2.28. The molecule has 1 aromatic heterocycles. The van der Waals surface area contributed by atoms with Gasteiger partial charge < -0.3 is 20.5 Å². The fourth-order valence-corrected chi connectivity index (χ4v) is 8.87. The number of ether oxygens (including phenoxy) is 1. The Morgan fingerprint density at radius 3 is 2.06 bits per heavy atom. The molecule has 54 heavy (non-hydrogen) atoms. The number of sulfonamides is 1. The standard InChI is InChI=1S/C41H39N3O8S2/c1-44(32-23-19-29(20-24-32)41(49)52-2)54(50,51)33-10-6-9-30(25-33)37(45)43-39-36(34-11-3-4-12-35(34)53-39)38(46)42-31-21-15-27(16-22-31)8-5-7-26-13-17-28(18-14-26)40(47)48/h6,9-10,13-25H,3-5,7-8,11-12H2,1-2H3,(H,42,46)(H,43,45)(H,47,48). The Balaban J connectivity index is 1.13. The molecular weight excluding hydrogens is 727 g/mol. The Hall–Kier alpha value is -5.79. The van der Waals surface area contributed by atoms with Gasteiger partial charge in [0.1, 0.15) is 5.00 Å². The number of benzene rings is 4. The van der Waals surface area contributed by atoms with Crippen LogP contribution in [0.15, 0.2) is 102 Å². The number of nitrogens with one attached hydrogen (secondary N) is 2. The van der Waals surface area contributed by atoms with Gasteiger partial charge >= 0.3 is 11.9 Å². The second-order valence-corrected chi connectivity index (χ2v) is 16.0. The number of esters is 1. The number of carbonyl (C=O) groups is 4. The zero-order valence-corrected chi connectivity index (χ0v) is 31.4. The van der Waals surface area contributed by atoms with Crippen LogP contribution in [-0.2, 0) is 40.4 Å². The van der Waals surface area contributed by atoms with Crippen molar-refractivity contribution in [2.24, 2.45) is 0 Å². The molecule has 11 nitrogen and oxygen atoms in total. The lowest BCUT2D eigenvalue weighted by molar-refractivity contribution is 0.0599. The molecule has 4 aromatic carbocycles. The Morgan fingerprint density at radius 2 is 1.41 bits per heavy atom. The Morgan fingerprint density at radius 1 is 0.778 bits per heavy atom. The van der Waals surface area contributed by atoms with E-state index in [9.17, 15) is 27.6 Å². The van der Waals surface area contributed by atoms with E-state index >= 15 is 0 Å². The molecule has 5 aromatic rings. The zero-order chi connectivity index (χ0) is 38.4. The Labute approximate surface area is 317 Å². The number of fused-ring (bicyclic) bond motifs is 1. The highest BCUT2D eigenvalue weighted by Crippen LogP contribution is 2.39. The summed E-state index contributed by atoms with van der Waals surface area (Å²) in [5.74, 6) is -2.37. The molecule has 0 spiro atoms. The zero-order valence-electron chi connectivity index (χ0n) is 29.8. The van der Waals surface area contributed by atoms with Gasteiger partial charge in [-0.3, -0.25) is 13.9 Å². The highest BCUT2D eigenvalue weighted by molar-refractivity contribution is 7.92. The minimum Gasteiger partial charge on any atom is -0.478 e. The normalized spacial score (nSPS) is 12.3. The minimum absolute atomic E-state index is 0.101. The van der Waals surface area contributed by atoms with Gasteiger partial charge in [0.05, 0.1) is 34.4 Å². The van der Waals surface area contributed by atoms with Crippen LogP contribution in [0.1, 0.15) is 82.3 Å². The number of aromatic carboxylic acids is 1. The third-order valence-corrected chi connectivity index (χ3v) is 12.4. The maximum absolute atomic E-state index is 13.8. The summed E-state index contributed by atoms with van der Waals surface area (Å²) in [6, 6.07) is 26.2. The van der Waals surface area contributed by atoms with Gasteiger partial charge in [0.25, 0.3) is 21.8 Å².